The van der Waals surface area contributed by atoms with Gasteiger partial charge in [0.05, 0.1) is 0 Å². The fraction of sp³-hybridized carbons (Fsp3) is 0.333. The average molecular weight is 234 g/mol. The molecular formula is C12H11FN2O2. The molecule has 17 heavy (non-hydrogen) atoms. The van der Waals surface area contributed by atoms with Crippen LogP contribution in [0.25, 0.3) is 0 Å². The standard InChI is InChI=1S/C12H11FN2O2/c13-8-4-3-7-2-1-5-12(9(7)6-8)10(16)14-11(17)15-12/h3-4,6H,1-2,5H2,(H2,14,15,16,17). The van der Waals surface area contributed by atoms with Crippen LogP contribution in [-0.2, 0) is 16.8 Å². The maximum atomic E-state index is 13.3. The lowest BCUT2D eigenvalue weighted by molar-refractivity contribution is -0.124. The number of carbonyl (C=O) groups is 2. The summed E-state index contributed by atoms with van der Waals surface area (Å²) in [4.78, 5) is 23.2. The van der Waals surface area contributed by atoms with Crippen molar-refractivity contribution in [3.05, 3.63) is 35.1 Å². The molecule has 2 aliphatic rings. The van der Waals surface area contributed by atoms with Gasteiger partial charge in [0.25, 0.3) is 5.91 Å². The molecule has 0 saturated carbocycles. The molecule has 1 saturated heterocycles. The highest BCUT2D eigenvalue weighted by Crippen LogP contribution is 2.37. The van der Waals surface area contributed by atoms with Crippen LogP contribution in [0.3, 0.4) is 0 Å². The minimum Gasteiger partial charge on any atom is -0.319 e. The van der Waals surface area contributed by atoms with Gasteiger partial charge in [-0.2, -0.15) is 0 Å². The third-order valence-corrected chi connectivity index (χ3v) is 3.47. The van der Waals surface area contributed by atoms with Gasteiger partial charge in [0.2, 0.25) is 0 Å². The number of carbonyl (C=O) groups excluding carboxylic acids is 2. The van der Waals surface area contributed by atoms with E-state index >= 15 is 0 Å². The Balaban J connectivity index is 2.19. The zero-order valence-corrected chi connectivity index (χ0v) is 9.05. The Hall–Kier alpha value is -1.91. The van der Waals surface area contributed by atoms with Gasteiger partial charge in [-0.05, 0) is 42.5 Å². The number of rotatable bonds is 0. The Morgan fingerprint density at radius 2 is 2.12 bits per heavy atom. The second-order valence-corrected chi connectivity index (χ2v) is 4.47. The summed E-state index contributed by atoms with van der Waals surface area (Å²) in [7, 11) is 0. The summed E-state index contributed by atoms with van der Waals surface area (Å²) in [6, 6.07) is 3.90. The van der Waals surface area contributed by atoms with Crippen LogP contribution >= 0.6 is 0 Å². The van der Waals surface area contributed by atoms with Gasteiger partial charge in [0, 0.05) is 0 Å². The van der Waals surface area contributed by atoms with E-state index < -0.39 is 11.6 Å². The van der Waals surface area contributed by atoms with Crippen molar-refractivity contribution in [2.24, 2.45) is 0 Å². The summed E-state index contributed by atoms with van der Waals surface area (Å²) < 4.78 is 13.3. The number of urea groups is 1. The van der Waals surface area contributed by atoms with Crippen LogP contribution in [0.15, 0.2) is 18.2 Å². The number of nitrogens with one attached hydrogen (secondary N) is 2. The lowest BCUT2D eigenvalue weighted by Crippen LogP contribution is -2.46. The van der Waals surface area contributed by atoms with Gasteiger partial charge in [-0.15, -0.1) is 0 Å². The van der Waals surface area contributed by atoms with E-state index in [0.717, 1.165) is 18.4 Å². The molecule has 1 aliphatic carbocycles. The molecule has 1 spiro atoms. The van der Waals surface area contributed by atoms with Crippen molar-refractivity contribution in [1.29, 1.82) is 0 Å². The second-order valence-electron chi connectivity index (χ2n) is 4.47. The van der Waals surface area contributed by atoms with Gasteiger partial charge in [-0.3, -0.25) is 10.1 Å². The Bertz CT molecular complexity index is 529. The summed E-state index contributed by atoms with van der Waals surface area (Å²) in [5.74, 6) is -0.770. The number of halogens is 1. The summed E-state index contributed by atoms with van der Waals surface area (Å²) in [6.07, 6.45) is 2.12. The second kappa shape index (κ2) is 3.29. The summed E-state index contributed by atoms with van der Waals surface area (Å²) >= 11 is 0. The minimum atomic E-state index is -1.06. The first kappa shape index (κ1) is 10.3. The van der Waals surface area contributed by atoms with E-state index in [1.54, 1.807) is 6.07 Å². The third-order valence-electron chi connectivity index (χ3n) is 3.47. The molecule has 2 N–H and O–H groups in total. The number of amides is 3. The molecule has 88 valence electrons. The van der Waals surface area contributed by atoms with Crippen LogP contribution in [0, 0.1) is 5.82 Å². The van der Waals surface area contributed by atoms with E-state index in [0.29, 0.717) is 12.0 Å². The van der Waals surface area contributed by atoms with Gasteiger partial charge in [0.1, 0.15) is 11.4 Å². The monoisotopic (exact) mass is 234 g/mol. The molecule has 1 unspecified atom stereocenters. The van der Waals surface area contributed by atoms with Crippen molar-refractivity contribution in [3.63, 3.8) is 0 Å². The fourth-order valence-electron chi connectivity index (χ4n) is 2.70. The van der Waals surface area contributed by atoms with Crippen LogP contribution in [-0.4, -0.2) is 11.9 Å². The molecule has 0 aromatic heterocycles. The first-order valence-electron chi connectivity index (χ1n) is 5.54. The van der Waals surface area contributed by atoms with Gasteiger partial charge in [0.15, 0.2) is 0 Å². The summed E-state index contributed by atoms with van der Waals surface area (Å²) in [5.41, 5.74) is 0.453. The number of benzene rings is 1. The minimum absolute atomic E-state index is 0.381. The largest absolute Gasteiger partial charge is 0.322 e. The third kappa shape index (κ3) is 1.35. The quantitative estimate of drug-likeness (QED) is 0.662. The molecule has 1 aromatic rings. The highest BCUT2D eigenvalue weighted by atomic mass is 19.1. The molecule has 4 nitrogen and oxygen atoms in total. The lowest BCUT2D eigenvalue weighted by atomic mass is 9.76. The number of hydrogen-bond donors (Lipinski definition) is 2. The van der Waals surface area contributed by atoms with E-state index in [4.69, 9.17) is 0 Å². The predicted octanol–water partition coefficient (Wildman–Crippen LogP) is 1.20. The molecular weight excluding hydrogens is 223 g/mol. The fourth-order valence-corrected chi connectivity index (χ4v) is 2.70. The van der Waals surface area contributed by atoms with Crippen LogP contribution in [0.4, 0.5) is 9.18 Å². The summed E-state index contributed by atoms with van der Waals surface area (Å²) in [6.45, 7) is 0. The van der Waals surface area contributed by atoms with E-state index in [1.165, 1.54) is 12.1 Å². The molecule has 3 rings (SSSR count). The molecule has 1 atom stereocenters. The van der Waals surface area contributed by atoms with Crippen molar-refractivity contribution in [1.82, 2.24) is 10.6 Å². The predicted molar refractivity (Wildman–Crippen MR) is 57.7 cm³/mol. The van der Waals surface area contributed by atoms with E-state index in [2.05, 4.69) is 10.6 Å². The molecule has 1 heterocycles. The van der Waals surface area contributed by atoms with Crippen molar-refractivity contribution < 1.29 is 14.0 Å². The first-order valence-corrected chi connectivity index (χ1v) is 5.54. The average Bonchev–Trinajstić information content (AvgIpc) is 2.56. The van der Waals surface area contributed by atoms with Crippen molar-refractivity contribution >= 4 is 11.9 Å². The Kier molecular flexibility index (Phi) is 1.98. The van der Waals surface area contributed by atoms with Gasteiger partial charge in [-0.1, -0.05) is 6.07 Å². The lowest BCUT2D eigenvalue weighted by Gasteiger charge is -2.32. The Labute approximate surface area is 97.2 Å². The van der Waals surface area contributed by atoms with E-state index in [1.807, 2.05) is 0 Å². The zero-order valence-electron chi connectivity index (χ0n) is 9.05. The topological polar surface area (TPSA) is 58.2 Å². The number of hydrogen-bond acceptors (Lipinski definition) is 2. The maximum absolute atomic E-state index is 13.3. The molecule has 5 heteroatoms. The molecule has 1 aliphatic heterocycles. The van der Waals surface area contributed by atoms with Crippen molar-refractivity contribution in [2.75, 3.05) is 0 Å². The number of aryl methyl sites for hydroxylation is 1. The van der Waals surface area contributed by atoms with Crippen LogP contribution in [0.2, 0.25) is 0 Å². The van der Waals surface area contributed by atoms with Crippen LogP contribution < -0.4 is 10.6 Å². The summed E-state index contributed by atoms with van der Waals surface area (Å²) in [5, 5.41) is 4.86. The molecule has 3 amide bonds. The molecule has 0 radical (unpaired) electrons. The molecule has 1 fully saturated rings. The number of fused-ring (bicyclic) bond motifs is 2. The van der Waals surface area contributed by atoms with Crippen molar-refractivity contribution in [3.8, 4) is 0 Å². The van der Waals surface area contributed by atoms with Crippen molar-refractivity contribution in [2.45, 2.75) is 24.8 Å². The molecule has 0 bridgehead atoms. The Morgan fingerprint density at radius 1 is 1.29 bits per heavy atom. The Morgan fingerprint density at radius 3 is 2.82 bits per heavy atom. The highest BCUT2D eigenvalue weighted by molar-refractivity contribution is 6.07. The van der Waals surface area contributed by atoms with Crippen LogP contribution in [0.1, 0.15) is 24.0 Å². The van der Waals surface area contributed by atoms with Gasteiger partial charge < -0.3 is 5.32 Å². The molecule has 1 aromatic carbocycles. The smallest absolute Gasteiger partial charge is 0.319 e. The number of imide groups is 1. The van der Waals surface area contributed by atoms with E-state index in [9.17, 15) is 14.0 Å². The zero-order chi connectivity index (χ0) is 12.0. The van der Waals surface area contributed by atoms with Crippen LogP contribution in [0.5, 0.6) is 0 Å². The first-order chi connectivity index (χ1) is 8.12. The van der Waals surface area contributed by atoms with Gasteiger partial charge >= 0.3 is 6.03 Å². The van der Waals surface area contributed by atoms with Gasteiger partial charge in [-0.25, -0.2) is 9.18 Å². The normalized spacial score (nSPS) is 26.6. The SMILES string of the molecule is O=C1NC(=O)C2(CCCc3ccc(F)cc32)N1. The maximum Gasteiger partial charge on any atom is 0.322 e. The van der Waals surface area contributed by atoms with E-state index in [-0.39, 0.29) is 11.7 Å². The highest BCUT2D eigenvalue weighted by Gasteiger charge is 2.49.